The number of aromatic nitrogens is 1. The number of amidine groups is 1. The molecule has 0 spiro atoms. The van der Waals surface area contributed by atoms with Gasteiger partial charge in [-0.2, -0.15) is 0 Å². The first kappa shape index (κ1) is 14.9. The Morgan fingerprint density at radius 3 is 2.84 bits per heavy atom. The van der Waals surface area contributed by atoms with Crippen LogP contribution in [-0.4, -0.2) is 23.2 Å². The lowest BCUT2D eigenvalue weighted by molar-refractivity contribution is 0.958. The van der Waals surface area contributed by atoms with Crippen molar-refractivity contribution in [3.05, 3.63) is 23.9 Å². The van der Waals surface area contributed by atoms with E-state index in [1.165, 1.54) is 6.34 Å². The zero-order valence-electron chi connectivity index (χ0n) is 11.3. The number of nitrogens with two attached hydrogens (primary N) is 2. The average Bonchev–Trinajstić information content (AvgIpc) is 2.40. The third-order valence-corrected chi connectivity index (χ3v) is 2.20. The Labute approximate surface area is 113 Å². The van der Waals surface area contributed by atoms with Gasteiger partial charge in [-0.3, -0.25) is 0 Å². The second-order valence-electron chi connectivity index (χ2n) is 3.99. The van der Waals surface area contributed by atoms with E-state index in [1.54, 1.807) is 19.2 Å². The van der Waals surface area contributed by atoms with Gasteiger partial charge in [0.15, 0.2) is 5.82 Å². The predicted octanol–water partition coefficient (Wildman–Crippen LogP) is 1.60. The minimum absolute atomic E-state index is 0.300. The van der Waals surface area contributed by atoms with Gasteiger partial charge in [0.1, 0.15) is 5.84 Å². The van der Waals surface area contributed by atoms with Crippen LogP contribution >= 0.6 is 0 Å². The number of nitrogens with zero attached hydrogens (tertiary/aromatic N) is 3. The Morgan fingerprint density at radius 2 is 2.32 bits per heavy atom. The Bertz CT molecular complexity index is 503. The second-order valence-corrected chi connectivity index (χ2v) is 3.99. The SMILES string of the molecule is CCCC#Cc1ccc(N=C(N=CN)C(C)N)nc1. The maximum Gasteiger partial charge on any atom is 0.154 e. The van der Waals surface area contributed by atoms with E-state index in [1.807, 2.05) is 6.07 Å². The van der Waals surface area contributed by atoms with Crippen molar-refractivity contribution in [1.29, 1.82) is 0 Å². The van der Waals surface area contributed by atoms with Crippen LogP contribution in [0.5, 0.6) is 0 Å². The van der Waals surface area contributed by atoms with Crippen LogP contribution in [0, 0.1) is 11.8 Å². The lowest BCUT2D eigenvalue weighted by Gasteiger charge is -2.03. The molecular formula is C14H19N5. The van der Waals surface area contributed by atoms with Crippen LogP contribution < -0.4 is 11.5 Å². The monoisotopic (exact) mass is 257 g/mol. The molecule has 0 aromatic carbocycles. The molecule has 5 heteroatoms. The maximum atomic E-state index is 5.73. The largest absolute Gasteiger partial charge is 0.390 e. The number of aliphatic imine (C=N–C) groups is 2. The molecular weight excluding hydrogens is 238 g/mol. The van der Waals surface area contributed by atoms with Gasteiger partial charge in [-0.1, -0.05) is 18.8 Å². The van der Waals surface area contributed by atoms with Crippen molar-refractivity contribution >= 4 is 18.0 Å². The molecule has 0 radical (unpaired) electrons. The summed E-state index contributed by atoms with van der Waals surface area (Å²) >= 11 is 0. The minimum atomic E-state index is -0.300. The maximum absolute atomic E-state index is 5.73. The molecule has 0 fully saturated rings. The van der Waals surface area contributed by atoms with Gasteiger partial charge < -0.3 is 11.5 Å². The fourth-order valence-corrected chi connectivity index (χ4v) is 1.26. The van der Waals surface area contributed by atoms with Crippen molar-refractivity contribution < 1.29 is 0 Å². The fourth-order valence-electron chi connectivity index (χ4n) is 1.26. The van der Waals surface area contributed by atoms with E-state index in [2.05, 4.69) is 33.7 Å². The van der Waals surface area contributed by atoms with Gasteiger partial charge in [-0.05, 0) is 25.5 Å². The highest BCUT2D eigenvalue weighted by Crippen LogP contribution is 2.09. The summed E-state index contributed by atoms with van der Waals surface area (Å²) in [7, 11) is 0. The highest BCUT2D eigenvalue weighted by atomic mass is 15.0. The third-order valence-electron chi connectivity index (χ3n) is 2.20. The van der Waals surface area contributed by atoms with Crippen LogP contribution in [0.3, 0.4) is 0 Å². The molecule has 0 saturated carbocycles. The summed E-state index contributed by atoms with van der Waals surface area (Å²) < 4.78 is 0. The molecule has 0 aliphatic heterocycles. The quantitative estimate of drug-likeness (QED) is 0.489. The van der Waals surface area contributed by atoms with E-state index < -0.39 is 0 Å². The zero-order chi connectivity index (χ0) is 14.1. The molecule has 0 aliphatic carbocycles. The average molecular weight is 257 g/mol. The van der Waals surface area contributed by atoms with E-state index >= 15 is 0 Å². The standard InChI is InChI=1S/C14H19N5/c1-3-4-5-6-12-7-8-13(17-9-12)19-14(11(2)16)18-10-15/h7-11H,3-4,16H2,1-2H3,(H2,15,17,18,19). The molecule has 0 amide bonds. The fraction of sp³-hybridized carbons (Fsp3) is 0.357. The molecule has 0 aliphatic rings. The van der Waals surface area contributed by atoms with Gasteiger partial charge in [0, 0.05) is 18.2 Å². The van der Waals surface area contributed by atoms with E-state index in [9.17, 15) is 0 Å². The summed E-state index contributed by atoms with van der Waals surface area (Å²) in [5.41, 5.74) is 11.8. The van der Waals surface area contributed by atoms with Crippen molar-refractivity contribution in [2.24, 2.45) is 21.5 Å². The van der Waals surface area contributed by atoms with Crippen LogP contribution in [0.4, 0.5) is 5.82 Å². The number of pyridine rings is 1. The van der Waals surface area contributed by atoms with Crippen molar-refractivity contribution in [2.75, 3.05) is 0 Å². The minimum Gasteiger partial charge on any atom is -0.390 e. The Kier molecular flexibility index (Phi) is 6.27. The van der Waals surface area contributed by atoms with Crippen LogP contribution in [0.2, 0.25) is 0 Å². The molecule has 1 aromatic heterocycles. The highest BCUT2D eigenvalue weighted by Gasteiger charge is 2.03. The Hall–Kier alpha value is -2.19. The van der Waals surface area contributed by atoms with E-state index in [0.29, 0.717) is 11.7 Å². The van der Waals surface area contributed by atoms with Gasteiger partial charge in [0.05, 0.1) is 12.4 Å². The van der Waals surface area contributed by atoms with E-state index in [4.69, 9.17) is 11.5 Å². The van der Waals surface area contributed by atoms with Crippen LogP contribution in [0.15, 0.2) is 28.3 Å². The normalized spacial score (nSPS) is 13.1. The van der Waals surface area contributed by atoms with Crippen molar-refractivity contribution in [3.8, 4) is 11.8 Å². The molecule has 1 atom stereocenters. The van der Waals surface area contributed by atoms with Crippen LogP contribution in [0.25, 0.3) is 0 Å². The van der Waals surface area contributed by atoms with Gasteiger partial charge in [0.25, 0.3) is 0 Å². The lowest BCUT2D eigenvalue weighted by Crippen LogP contribution is -2.25. The highest BCUT2D eigenvalue weighted by molar-refractivity contribution is 5.94. The molecule has 0 saturated heterocycles. The van der Waals surface area contributed by atoms with E-state index in [-0.39, 0.29) is 6.04 Å². The first-order chi connectivity index (χ1) is 9.17. The summed E-state index contributed by atoms with van der Waals surface area (Å²) in [6.07, 6.45) is 4.80. The molecule has 1 heterocycles. The first-order valence-electron chi connectivity index (χ1n) is 6.20. The van der Waals surface area contributed by atoms with Crippen molar-refractivity contribution in [1.82, 2.24) is 4.98 Å². The number of hydrogen-bond acceptors (Lipinski definition) is 3. The third kappa shape index (κ3) is 5.32. The predicted molar refractivity (Wildman–Crippen MR) is 79.4 cm³/mol. The number of rotatable bonds is 3. The summed E-state index contributed by atoms with van der Waals surface area (Å²) in [5.74, 6) is 7.09. The molecule has 100 valence electrons. The van der Waals surface area contributed by atoms with Crippen LogP contribution in [-0.2, 0) is 0 Å². The molecule has 1 aromatic rings. The first-order valence-corrected chi connectivity index (χ1v) is 6.20. The van der Waals surface area contributed by atoms with Gasteiger partial charge >= 0.3 is 0 Å². The topological polar surface area (TPSA) is 89.6 Å². The molecule has 4 N–H and O–H groups in total. The van der Waals surface area contributed by atoms with Crippen molar-refractivity contribution in [2.45, 2.75) is 32.7 Å². The Balaban J connectivity index is 2.87. The van der Waals surface area contributed by atoms with Gasteiger partial charge in [-0.15, -0.1) is 0 Å². The van der Waals surface area contributed by atoms with E-state index in [0.717, 1.165) is 18.4 Å². The summed E-state index contributed by atoms with van der Waals surface area (Å²) in [5, 5.41) is 0. The van der Waals surface area contributed by atoms with Gasteiger partial charge in [0.2, 0.25) is 0 Å². The summed E-state index contributed by atoms with van der Waals surface area (Å²) in [6, 6.07) is 3.36. The molecule has 1 rings (SSSR count). The summed E-state index contributed by atoms with van der Waals surface area (Å²) in [4.78, 5) is 12.4. The zero-order valence-corrected chi connectivity index (χ0v) is 11.3. The molecule has 5 nitrogen and oxygen atoms in total. The summed E-state index contributed by atoms with van der Waals surface area (Å²) in [6.45, 7) is 3.88. The van der Waals surface area contributed by atoms with Gasteiger partial charge in [-0.25, -0.2) is 15.0 Å². The number of unbranched alkanes of at least 4 members (excludes halogenated alkanes) is 1. The van der Waals surface area contributed by atoms with Crippen molar-refractivity contribution in [3.63, 3.8) is 0 Å². The Morgan fingerprint density at radius 1 is 1.53 bits per heavy atom. The molecule has 0 bridgehead atoms. The smallest absolute Gasteiger partial charge is 0.154 e. The number of hydrogen-bond donors (Lipinski definition) is 2. The molecule has 1 unspecified atom stereocenters. The lowest BCUT2D eigenvalue weighted by atomic mass is 10.2. The second kappa shape index (κ2) is 8.01. The molecule has 19 heavy (non-hydrogen) atoms. The van der Waals surface area contributed by atoms with Crippen LogP contribution in [0.1, 0.15) is 32.3 Å².